The van der Waals surface area contributed by atoms with Gasteiger partial charge in [-0.2, -0.15) is 0 Å². The fraction of sp³-hybridized carbons (Fsp3) is 0.250. The number of nitrogens with two attached hydrogens (primary N) is 1. The lowest BCUT2D eigenvalue weighted by atomic mass is 10.1. The molecule has 0 radical (unpaired) electrons. The van der Waals surface area contributed by atoms with Crippen LogP contribution in [0.3, 0.4) is 0 Å². The average molecular weight is 275 g/mol. The van der Waals surface area contributed by atoms with Crippen molar-refractivity contribution in [1.29, 1.82) is 0 Å². The van der Waals surface area contributed by atoms with Crippen LogP contribution in [0, 0.1) is 5.82 Å². The summed E-state index contributed by atoms with van der Waals surface area (Å²) in [6, 6.07) is 12.0. The van der Waals surface area contributed by atoms with Gasteiger partial charge in [0.1, 0.15) is 12.4 Å². The molecule has 0 aliphatic heterocycles. The van der Waals surface area contributed by atoms with E-state index in [9.17, 15) is 4.39 Å². The van der Waals surface area contributed by atoms with Gasteiger partial charge in [0, 0.05) is 11.6 Å². The first-order valence-electron chi connectivity index (χ1n) is 6.41. The van der Waals surface area contributed by atoms with E-state index in [1.165, 1.54) is 6.07 Å². The molecule has 0 aliphatic rings. The normalized spacial score (nSPS) is 12.0. The molecule has 2 rings (SSSR count). The summed E-state index contributed by atoms with van der Waals surface area (Å²) in [5.41, 5.74) is 7.29. The highest BCUT2D eigenvalue weighted by Crippen LogP contribution is 2.30. The molecule has 0 aromatic heterocycles. The summed E-state index contributed by atoms with van der Waals surface area (Å²) in [6.07, 6.45) is 0. The van der Waals surface area contributed by atoms with E-state index in [1.807, 2.05) is 19.1 Å². The van der Waals surface area contributed by atoms with Crippen molar-refractivity contribution in [2.45, 2.75) is 19.6 Å². The smallest absolute Gasteiger partial charge is 0.161 e. The SMILES string of the molecule is COc1cc([C@H](C)N)ccc1OCc1ccccc1F. The number of hydrogen-bond acceptors (Lipinski definition) is 3. The zero-order valence-electron chi connectivity index (χ0n) is 11.6. The lowest BCUT2D eigenvalue weighted by molar-refractivity contribution is 0.279. The molecule has 0 spiro atoms. The Morgan fingerprint density at radius 3 is 2.55 bits per heavy atom. The lowest BCUT2D eigenvalue weighted by Gasteiger charge is -2.14. The van der Waals surface area contributed by atoms with Gasteiger partial charge in [-0.3, -0.25) is 0 Å². The molecule has 0 fully saturated rings. The van der Waals surface area contributed by atoms with Crippen LogP contribution in [0.15, 0.2) is 42.5 Å². The second-order valence-corrected chi connectivity index (χ2v) is 4.58. The van der Waals surface area contributed by atoms with Crippen molar-refractivity contribution in [1.82, 2.24) is 0 Å². The maximum atomic E-state index is 13.5. The maximum Gasteiger partial charge on any atom is 0.161 e. The van der Waals surface area contributed by atoms with Gasteiger partial charge in [0.25, 0.3) is 0 Å². The van der Waals surface area contributed by atoms with Crippen LogP contribution in [0.1, 0.15) is 24.1 Å². The van der Waals surface area contributed by atoms with Gasteiger partial charge in [0.2, 0.25) is 0 Å². The van der Waals surface area contributed by atoms with E-state index in [-0.39, 0.29) is 18.5 Å². The minimum atomic E-state index is -0.279. The van der Waals surface area contributed by atoms with Crippen molar-refractivity contribution in [3.05, 3.63) is 59.4 Å². The van der Waals surface area contributed by atoms with Crippen LogP contribution in [-0.2, 0) is 6.61 Å². The van der Waals surface area contributed by atoms with Gasteiger partial charge in [-0.1, -0.05) is 24.3 Å². The number of benzene rings is 2. The van der Waals surface area contributed by atoms with Crippen molar-refractivity contribution < 1.29 is 13.9 Å². The summed E-state index contributed by atoms with van der Waals surface area (Å²) in [5, 5.41) is 0. The predicted molar refractivity (Wildman–Crippen MR) is 76.3 cm³/mol. The van der Waals surface area contributed by atoms with Crippen molar-refractivity contribution in [3.8, 4) is 11.5 Å². The van der Waals surface area contributed by atoms with Gasteiger partial charge < -0.3 is 15.2 Å². The van der Waals surface area contributed by atoms with Gasteiger partial charge in [-0.15, -0.1) is 0 Å². The van der Waals surface area contributed by atoms with Gasteiger partial charge in [-0.05, 0) is 30.7 Å². The van der Waals surface area contributed by atoms with Crippen LogP contribution < -0.4 is 15.2 Å². The molecule has 106 valence electrons. The van der Waals surface area contributed by atoms with Crippen LogP contribution in [0.4, 0.5) is 4.39 Å². The largest absolute Gasteiger partial charge is 0.493 e. The molecular formula is C16H18FNO2. The van der Waals surface area contributed by atoms with Crippen LogP contribution in [0.25, 0.3) is 0 Å². The Hall–Kier alpha value is -2.07. The minimum Gasteiger partial charge on any atom is -0.493 e. The van der Waals surface area contributed by atoms with Crippen LogP contribution >= 0.6 is 0 Å². The average Bonchev–Trinajstić information content (AvgIpc) is 2.46. The summed E-state index contributed by atoms with van der Waals surface area (Å²) in [4.78, 5) is 0. The molecule has 20 heavy (non-hydrogen) atoms. The Morgan fingerprint density at radius 2 is 1.90 bits per heavy atom. The fourth-order valence-electron chi connectivity index (χ4n) is 1.86. The summed E-state index contributed by atoms with van der Waals surface area (Å²) in [7, 11) is 1.57. The van der Waals surface area contributed by atoms with E-state index in [1.54, 1.807) is 31.4 Å². The Kier molecular flexibility index (Phi) is 4.58. The van der Waals surface area contributed by atoms with Crippen LogP contribution in [-0.4, -0.2) is 7.11 Å². The molecular weight excluding hydrogens is 257 g/mol. The zero-order valence-corrected chi connectivity index (χ0v) is 11.6. The quantitative estimate of drug-likeness (QED) is 0.909. The molecule has 2 N–H and O–H groups in total. The van der Waals surface area contributed by atoms with Crippen molar-refractivity contribution in [2.75, 3.05) is 7.11 Å². The molecule has 0 amide bonds. The first kappa shape index (κ1) is 14.3. The molecule has 3 nitrogen and oxygen atoms in total. The summed E-state index contributed by atoms with van der Waals surface area (Å²) in [6.45, 7) is 2.05. The molecule has 0 bridgehead atoms. The summed E-state index contributed by atoms with van der Waals surface area (Å²) >= 11 is 0. The fourth-order valence-corrected chi connectivity index (χ4v) is 1.86. The molecule has 2 aromatic carbocycles. The van der Waals surface area contributed by atoms with Crippen LogP contribution in [0.2, 0.25) is 0 Å². The molecule has 0 heterocycles. The molecule has 0 saturated heterocycles. The second-order valence-electron chi connectivity index (χ2n) is 4.58. The van der Waals surface area contributed by atoms with Crippen molar-refractivity contribution in [3.63, 3.8) is 0 Å². The van der Waals surface area contributed by atoms with Gasteiger partial charge >= 0.3 is 0 Å². The third kappa shape index (κ3) is 3.27. The molecule has 2 aromatic rings. The van der Waals surface area contributed by atoms with E-state index in [0.717, 1.165) is 5.56 Å². The standard InChI is InChI=1S/C16H18FNO2/c1-11(18)12-7-8-15(16(9-12)19-2)20-10-13-5-3-4-6-14(13)17/h3-9,11H,10,18H2,1-2H3/t11-/m0/s1. The molecule has 4 heteroatoms. The number of halogens is 1. The van der Waals surface area contributed by atoms with Crippen LogP contribution in [0.5, 0.6) is 11.5 Å². The Bertz CT molecular complexity index is 584. The highest BCUT2D eigenvalue weighted by molar-refractivity contribution is 5.43. The maximum absolute atomic E-state index is 13.5. The van der Waals surface area contributed by atoms with Crippen molar-refractivity contribution >= 4 is 0 Å². The Balaban J connectivity index is 2.15. The third-order valence-electron chi connectivity index (χ3n) is 3.05. The van der Waals surface area contributed by atoms with E-state index in [4.69, 9.17) is 15.2 Å². The number of ether oxygens (including phenoxy) is 2. The zero-order chi connectivity index (χ0) is 14.5. The predicted octanol–water partition coefficient (Wildman–Crippen LogP) is 3.43. The Morgan fingerprint density at radius 1 is 1.15 bits per heavy atom. The van der Waals surface area contributed by atoms with Gasteiger partial charge in [0.05, 0.1) is 7.11 Å². The minimum absolute atomic E-state index is 0.0792. The number of methoxy groups -OCH3 is 1. The summed E-state index contributed by atoms with van der Waals surface area (Å²) in [5.74, 6) is 0.884. The van der Waals surface area contributed by atoms with Gasteiger partial charge in [-0.25, -0.2) is 4.39 Å². The van der Waals surface area contributed by atoms with E-state index in [2.05, 4.69) is 0 Å². The molecule has 0 saturated carbocycles. The van der Waals surface area contributed by atoms with E-state index in [0.29, 0.717) is 17.1 Å². The monoisotopic (exact) mass is 275 g/mol. The third-order valence-corrected chi connectivity index (χ3v) is 3.05. The Labute approximate surface area is 118 Å². The summed E-state index contributed by atoms with van der Waals surface area (Å²) < 4.78 is 24.4. The highest BCUT2D eigenvalue weighted by atomic mass is 19.1. The highest BCUT2D eigenvalue weighted by Gasteiger charge is 2.09. The van der Waals surface area contributed by atoms with Gasteiger partial charge in [0.15, 0.2) is 11.5 Å². The van der Waals surface area contributed by atoms with E-state index < -0.39 is 0 Å². The lowest BCUT2D eigenvalue weighted by Crippen LogP contribution is -2.06. The van der Waals surface area contributed by atoms with E-state index >= 15 is 0 Å². The number of rotatable bonds is 5. The first-order valence-corrected chi connectivity index (χ1v) is 6.41. The number of hydrogen-bond donors (Lipinski definition) is 1. The first-order chi connectivity index (χ1) is 9.61. The molecule has 1 atom stereocenters. The second kappa shape index (κ2) is 6.39. The topological polar surface area (TPSA) is 44.5 Å². The molecule has 0 aliphatic carbocycles. The molecule has 0 unspecified atom stereocenters. The van der Waals surface area contributed by atoms with Crippen molar-refractivity contribution in [2.24, 2.45) is 5.73 Å².